The molecule has 0 aliphatic heterocycles. The average molecular weight is 630 g/mol. The average Bonchev–Trinajstić information content (AvgIpc) is 3.03. The van der Waals surface area contributed by atoms with Crippen molar-refractivity contribution in [1.29, 1.82) is 0 Å². The van der Waals surface area contributed by atoms with Crippen LogP contribution >= 0.6 is 0 Å². The summed E-state index contributed by atoms with van der Waals surface area (Å²) in [4.78, 5) is 28.5. The number of hydrogen-bond donors (Lipinski definition) is 1. The molecular weight excluding hydrogens is 592 g/mol. The molecule has 1 N–H and O–H groups in total. The number of sulfonamides is 1. The number of ether oxygens (including phenoxy) is 2. The van der Waals surface area contributed by atoms with Crippen LogP contribution in [0.2, 0.25) is 0 Å². The number of carbonyl (C=O) groups is 2. The fourth-order valence-electron chi connectivity index (χ4n) is 5.18. The van der Waals surface area contributed by atoms with Gasteiger partial charge in [0.05, 0.1) is 24.8 Å². The first-order valence-corrected chi connectivity index (χ1v) is 15.8. The van der Waals surface area contributed by atoms with Crippen LogP contribution in [0.5, 0.6) is 11.5 Å². The van der Waals surface area contributed by atoms with Gasteiger partial charge in [-0.15, -0.1) is 0 Å². The van der Waals surface area contributed by atoms with Crippen LogP contribution < -0.4 is 19.1 Å². The number of methoxy groups -OCH3 is 2. The highest BCUT2D eigenvalue weighted by atomic mass is 32.2. The van der Waals surface area contributed by atoms with E-state index in [0.717, 1.165) is 48.5 Å². The smallest absolute Gasteiger partial charge is 0.264 e. The standard InChI is InChI=1S/C32H37F2N3O6S/c1-22(32(39)35-26-7-5-4-6-8-26)36(20-23-9-11-24(33)12-10-23)31(38)21-37(27-15-13-25(34)14-16-27)44(40,41)28-17-18-29(42-2)30(19-28)43-3/h9-19,22,26H,4-8,20-21H2,1-3H3,(H,35,39)/t22-/m0/s1. The summed E-state index contributed by atoms with van der Waals surface area (Å²) in [7, 11) is -1.65. The van der Waals surface area contributed by atoms with Crippen LogP contribution in [-0.2, 0) is 26.2 Å². The van der Waals surface area contributed by atoms with E-state index in [4.69, 9.17) is 9.47 Å². The zero-order valence-corrected chi connectivity index (χ0v) is 25.8. The molecule has 3 aromatic rings. The predicted molar refractivity (Wildman–Crippen MR) is 162 cm³/mol. The number of nitrogens with zero attached hydrogens (tertiary/aromatic N) is 2. The molecule has 12 heteroatoms. The maximum atomic E-state index is 14.1. The lowest BCUT2D eigenvalue weighted by molar-refractivity contribution is -0.139. The number of benzene rings is 3. The summed E-state index contributed by atoms with van der Waals surface area (Å²) in [5.74, 6) is -1.64. The number of anilines is 1. The largest absolute Gasteiger partial charge is 0.493 e. The molecular formula is C32H37F2N3O6S. The highest BCUT2D eigenvalue weighted by Gasteiger charge is 2.33. The fourth-order valence-corrected chi connectivity index (χ4v) is 6.61. The molecule has 44 heavy (non-hydrogen) atoms. The Morgan fingerprint density at radius 1 is 0.886 bits per heavy atom. The maximum absolute atomic E-state index is 14.1. The summed E-state index contributed by atoms with van der Waals surface area (Å²) in [6, 6.07) is 13.2. The minimum Gasteiger partial charge on any atom is -0.493 e. The first-order chi connectivity index (χ1) is 21.0. The van der Waals surface area contributed by atoms with E-state index >= 15 is 0 Å². The molecule has 1 fully saturated rings. The Hall–Kier alpha value is -4.19. The highest BCUT2D eigenvalue weighted by molar-refractivity contribution is 7.92. The van der Waals surface area contributed by atoms with Gasteiger partial charge in [0, 0.05) is 18.7 Å². The molecule has 1 aliphatic carbocycles. The van der Waals surface area contributed by atoms with E-state index in [2.05, 4.69) is 5.32 Å². The number of nitrogens with one attached hydrogen (secondary N) is 1. The van der Waals surface area contributed by atoms with Crippen LogP contribution in [0, 0.1) is 11.6 Å². The van der Waals surface area contributed by atoms with Gasteiger partial charge in [-0.25, -0.2) is 17.2 Å². The Kier molecular flexibility index (Phi) is 10.8. The summed E-state index contributed by atoms with van der Waals surface area (Å²) in [5.41, 5.74) is 0.587. The van der Waals surface area contributed by atoms with Crippen molar-refractivity contribution in [3.8, 4) is 11.5 Å². The Morgan fingerprint density at radius 3 is 2.07 bits per heavy atom. The SMILES string of the molecule is COc1ccc(S(=O)(=O)N(CC(=O)N(Cc2ccc(F)cc2)[C@@H](C)C(=O)NC2CCCCC2)c2ccc(F)cc2)cc1OC. The quantitative estimate of drug-likeness (QED) is 0.301. The number of carbonyl (C=O) groups excluding carboxylic acids is 2. The van der Waals surface area contributed by atoms with Crippen molar-refractivity contribution in [3.63, 3.8) is 0 Å². The van der Waals surface area contributed by atoms with E-state index in [1.807, 2.05) is 0 Å². The summed E-state index contributed by atoms with van der Waals surface area (Å²) in [5, 5.41) is 3.03. The summed E-state index contributed by atoms with van der Waals surface area (Å²) < 4.78 is 67.0. The first-order valence-electron chi connectivity index (χ1n) is 14.4. The van der Waals surface area contributed by atoms with Gasteiger partial charge in [-0.05, 0) is 73.9 Å². The summed E-state index contributed by atoms with van der Waals surface area (Å²) in [6.07, 6.45) is 4.78. The van der Waals surface area contributed by atoms with Crippen LogP contribution in [0.4, 0.5) is 14.5 Å². The topological polar surface area (TPSA) is 105 Å². The summed E-state index contributed by atoms with van der Waals surface area (Å²) >= 11 is 0. The second-order valence-electron chi connectivity index (χ2n) is 10.7. The number of amides is 2. The van der Waals surface area contributed by atoms with Gasteiger partial charge >= 0.3 is 0 Å². The third-order valence-electron chi connectivity index (χ3n) is 7.72. The van der Waals surface area contributed by atoms with Crippen LogP contribution in [0.15, 0.2) is 71.6 Å². The fraction of sp³-hybridized carbons (Fsp3) is 0.375. The molecule has 3 aromatic carbocycles. The van der Waals surface area contributed by atoms with Crippen molar-refractivity contribution < 1.29 is 36.3 Å². The Bertz CT molecular complexity index is 1550. The first kappa shape index (κ1) is 32.7. The summed E-state index contributed by atoms with van der Waals surface area (Å²) in [6.45, 7) is 0.793. The van der Waals surface area contributed by atoms with Crippen molar-refractivity contribution in [3.05, 3.63) is 83.9 Å². The third-order valence-corrected chi connectivity index (χ3v) is 9.49. The van der Waals surface area contributed by atoms with E-state index in [1.54, 1.807) is 6.92 Å². The predicted octanol–water partition coefficient (Wildman–Crippen LogP) is 5.04. The lowest BCUT2D eigenvalue weighted by atomic mass is 9.95. The van der Waals surface area contributed by atoms with E-state index in [9.17, 15) is 26.8 Å². The van der Waals surface area contributed by atoms with Gasteiger partial charge in [0.15, 0.2) is 11.5 Å². The van der Waals surface area contributed by atoms with Gasteiger partial charge in [0.2, 0.25) is 11.8 Å². The molecule has 0 saturated heterocycles. The molecule has 1 aliphatic rings. The lowest BCUT2D eigenvalue weighted by Crippen LogP contribution is -2.53. The van der Waals surface area contributed by atoms with Gasteiger partial charge < -0.3 is 19.7 Å². The Balaban J connectivity index is 1.70. The molecule has 0 unspecified atom stereocenters. The van der Waals surface area contributed by atoms with E-state index in [-0.39, 0.29) is 34.8 Å². The second kappa shape index (κ2) is 14.5. The van der Waals surface area contributed by atoms with Gasteiger partial charge in [-0.1, -0.05) is 31.4 Å². The zero-order valence-electron chi connectivity index (χ0n) is 25.0. The van der Waals surface area contributed by atoms with Gasteiger partial charge in [0.1, 0.15) is 24.2 Å². The zero-order chi connectivity index (χ0) is 31.9. The Labute approximate surface area is 256 Å². The van der Waals surface area contributed by atoms with Crippen LogP contribution in [0.3, 0.4) is 0 Å². The van der Waals surface area contributed by atoms with Crippen molar-refractivity contribution in [2.45, 2.75) is 62.6 Å². The van der Waals surface area contributed by atoms with Crippen molar-refractivity contribution in [2.24, 2.45) is 0 Å². The minimum absolute atomic E-state index is 0.0115. The third kappa shape index (κ3) is 7.85. The molecule has 4 rings (SSSR count). The molecule has 1 atom stereocenters. The highest BCUT2D eigenvalue weighted by Crippen LogP contribution is 2.32. The maximum Gasteiger partial charge on any atom is 0.264 e. The molecule has 236 valence electrons. The number of rotatable bonds is 12. The van der Waals surface area contributed by atoms with Crippen molar-refractivity contribution >= 4 is 27.5 Å². The van der Waals surface area contributed by atoms with E-state index in [0.29, 0.717) is 11.3 Å². The van der Waals surface area contributed by atoms with E-state index < -0.39 is 40.2 Å². The van der Waals surface area contributed by atoms with Crippen LogP contribution in [-0.4, -0.2) is 58.0 Å². The van der Waals surface area contributed by atoms with Crippen LogP contribution in [0.1, 0.15) is 44.6 Å². The van der Waals surface area contributed by atoms with Gasteiger partial charge in [-0.3, -0.25) is 13.9 Å². The molecule has 0 bridgehead atoms. The molecule has 0 heterocycles. The monoisotopic (exact) mass is 629 g/mol. The number of halogens is 2. The molecule has 2 amide bonds. The van der Waals surface area contributed by atoms with Crippen LogP contribution in [0.25, 0.3) is 0 Å². The molecule has 9 nitrogen and oxygen atoms in total. The van der Waals surface area contributed by atoms with Gasteiger partial charge in [-0.2, -0.15) is 0 Å². The lowest BCUT2D eigenvalue weighted by Gasteiger charge is -2.33. The number of hydrogen-bond acceptors (Lipinski definition) is 6. The van der Waals surface area contributed by atoms with Crippen molar-refractivity contribution in [2.75, 3.05) is 25.1 Å². The molecule has 0 aromatic heterocycles. The minimum atomic E-state index is -4.42. The Morgan fingerprint density at radius 2 is 1.48 bits per heavy atom. The molecule has 0 radical (unpaired) electrons. The molecule has 0 spiro atoms. The second-order valence-corrected chi connectivity index (χ2v) is 12.5. The molecule has 1 saturated carbocycles. The normalized spacial score (nSPS) is 14.4. The van der Waals surface area contributed by atoms with Gasteiger partial charge in [0.25, 0.3) is 10.0 Å². The van der Waals surface area contributed by atoms with E-state index in [1.165, 1.54) is 73.7 Å². The van der Waals surface area contributed by atoms with Crippen molar-refractivity contribution in [1.82, 2.24) is 10.2 Å².